The summed E-state index contributed by atoms with van der Waals surface area (Å²) >= 11 is 6.15. The first-order valence-electron chi connectivity index (χ1n) is 8.39. The lowest BCUT2D eigenvalue weighted by Crippen LogP contribution is -2.22. The SMILES string of the molecule is CN(C)C(=O)c1ccc(NC(=O)c2ccn(-c3cccc([N+](=O)[O-])c3)n2)cc1Cl. The number of non-ortho nitro benzene ring substituents is 1. The second-order valence-corrected chi connectivity index (χ2v) is 6.68. The van der Waals surface area contributed by atoms with Gasteiger partial charge in [-0.2, -0.15) is 5.10 Å². The van der Waals surface area contributed by atoms with Gasteiger partial charge in [-0.05, 0) is 30.3 Å². The van der Waals surface area contributed by atoms with Crippen LogP contribution in [0.1, 0.15) is 20.8 Å². The molecule has 9 nitrogen and oxygen atoms in total. The molecular formula is C19H16ClN5O4. The molecule has 0 fully saturated rings. The Morgan fingerprint density at radius 1 is 1.17 bits per heavy atom. The number of nitrogens with one attached hydrogen (secondary N) is 1. The van der Waals surface area contributed by atoms with Crippen LogP contribution >= 0.6 is 11.6 Å². The molecule has 1 N–H and O–H groups in total. The van der Waals surface area contributed by atoms with E-state index in [2.05, 4.69) is 10.4 Å². The Morgan fingerprint density at radius 2 is 1.93 bits per heavy atom. The monoisotopic (exact) mass is 413 g/mol. The van der Waals surface area contributed by atoms with Crippen LogP contribution in [0.5, 0.6) is 0 Å². The summed E-state index contributed by atoms with van der Waals surface area (Å²) < 4.78 is 1.37. The van der Waals surface area contributed by atoms with Crippen molar-refractivity contribution in [2.75, 3.05) is 19.4 Å². The molecule has 1 heterocycles. The standard InChI is InChI=1S/C19H16ClN5O4/c1-23(2)19(27)15-7-6-12(10-16(15)20)21-18(26)17-8-9-24(22-17)13-4-3-5-14(11-13)25(28)29/h3-11H,1-2H3,(H,21,26). The predicted molar refractivity (Wildman–Crippen MR) is 108 cm³/mol. The van der Waals surface area contributed by atoms with Crippen LogP contribution in [-0.2, 0) is 0 Å². The minimum absolute atomic E-state index is 0.0778. The summed E-state index contributed by atoms with van der Waals surface area (Å²) in [7, 11) is 3.23. The molecule has 0 radical (unpaired) electrons. The van der Waals surface area contributed by atoms with E-state index < -0.39 is 10.8 Å². The number of aromatic nitrogens is 2. The molecule has 0 saturated carbocycles. The van der Waals surface area contributed by atoms with E-state index in [0.29, 0.717) is 16.9 Å². The number of nitro groups is 1. The molecule has 0 aliphatic heterocycles. The number of benzene rings is 2. The van der Waals surface area contributed by atoms with Gasteiger partial charge in [0.15, 0.2) is 5.69 Å². The van der Waals surface area contributed by atoms with E-state index in [1.165, 1.54) is 52.2 Å². The number of amides is 2. The molecule has 29 heavy (non-hydrogen) atoms. The lowest BCUT2D eigenvalue weighted by Gasteiger charge is -2.12. The highest BCUT2D eigenvalue weighted by Crippen LogP contribution is 2.22. The van der Waals surface area contributed by atoms with Crippen molar-refractivity contribution in [2.45, 2.75) is 0 Å². The molecule has 0 spiro atoms. The van der Waals surface area contributed by atoms with Crippen molar-refractivity contribution in [2.24, 2.45) is 0 Å². The van der Waals surface area contributed by atoms with Crippen molar-refractivity contribution < 1.29 is 14.5 Å². The maximum atomic E-state index is 12.5. The van der Waals surface area contributed by atoms with E-state index in [1.807, 2.05) is 0 Å². The maximum absolute atomic E-state index is 12.5. The first-order chi connectivity index (χ1) is 13.8. The van der Waals surface area contributed by atoms with Crippen molar-refractivity contribution in [1.82, 2.24) is 14.7 Å². The van der Waals surface area contributed by atoms with Crippen molar-refractivity contribution in [1.29, 1.82) is 0 Å². The minimum Gasteiger partial charge on any atom is -0.345 e. The van der Waals surface area contributed by atoms with Gasteiger partial charge in [-0.25, -0.2) is 4.68 Å². The molecule has 0 saturated heterocycles. The number of hydrogen-bond donors (Lipinski definition) is 1. The number of hydrogen-bond acceptors (Lipinski definition) is 5. The summed E-state index contributed by atoms with van der Waals surface area (Å²) in [4.78, 5) is 36.3. The fourth-order valence-electron chi connectivity index (χ4n) is 2.54. The number of carbonyl (C=O) groups is 2. The molecule has 0 aliphatic carbocycles. The lowest BCUT2D eigenvalue weighted by molar-refractivity contribution is -0.384. The summed E-state index contributed by atoms with van der Waals surface area (Å²) in [5, 5.41) is 17.9. The van der Waals surface area contributed by atoms with Gasteiger partial charge in [0.05, 0.1) is 21.2 Å². The molecule has 10 heteroatoms. The molecule has 0 unspecified atom stereocenters. The van der Waals surface area contributed by atoms with E-state index in [9.17, 15) is 19.7 Å². The average molecular weight is 414 g/mol. The van der Waals surface area contributed by atoms with Crippen LogP contribution in [0.4, 0.5) is 11.4 Å². The normalized spacial score (nSPS) is 10.4. The molecule has 1 aromatic heterocycles. The Balaban J connectivity index is 1.77. The zero-order valence-electron chi connectivity index (χ0n) is 15.5. The highest BCUT2D eigenvalue weighted by molar-refractivity contribution is 6.34. The number of carbonyl (C=O) groups excluding carboxylic acids is 2. The summed E-state index contributed by atoms with van der Waals surface area (Å²) in [6, 6.07) is 12.0. The van der Waals surface area contributed by atoms with Gasteiger partial charge in [-0.15, -0.1) is 0 Å². The van der Waals surface area contributed by atoms with Gasteiger partial charge in [0.1, 0.15) is 0 Å². The van der Waals surface area contributed by atoms with E-state index >= 15 is 0 Å². The van der Waals surface area contributed by atoms with Gasteiger partial charge >= 0.3 is 0 Å². The Bertz CT molecular complexity index is 1110. The van der Waals surface area contributed by atoms with Crippen LogP contribution in [0.15, 0.2) is 54.7 Å². The lowest BCUT2D eigenvalue weighted by atomic mass is 10.2. The van der Waals surface area contributed by atoms with E-state index in [0.717, 1.165) is 0 Å². The highest BCUT2D eigenvalue weighted by Gasteiger charge is 2.15. The molecule has 0 aliphatic rings. The van der Waals surface area contributed by atoms with Gasteiger partial charge in [-0.3, -0.25) is 19.7 Å². The number of rotatable bonds is 5. The topological polar surface area (TPSA) is 110 Å². The summed E-state index contributed by atoms with van der Waals surface area (Å²) in [6.45, 7) is 0. The second kappa shape index (κ2) is 8.11. The number of halogens is 1. The van der Waals surface area contributed by atoms with Crippen LogP contribution in [0, 0.1) is 10.1 Å². The van der Waals surface area contributed by atoms with E-state index in [4.69, 9.17) is 11.6 Å². The third-order valence-corrected chi connectivity index (χ3v) is 4.30. The quantitative estimate of drug-likeness (QED) is 0.509. The Hall–Kier alpha value is -3.72. The summed E-state index contributed by atoms with van der Waals surface area (Å²) in [5.74, 6) is -0.736. The second-order valence-electron chi connectivity index (χ2n) is 6.27. The first kappa shape index (κ1) is 20.0. The van der Waals surface area contributed by atoms with Gasteiger partial charge in [0.2, 0.25) is 0 Å². The largest absolute Gasteiger partial charge is 0.345 e. The molecule has 2 amide bonds. The third kappa shape index (κ3) is 4.41. The zero-order valence-corrected chi connectivity index (χ0v) is 16.3. The molecule has 148 valence electrons. The molecule has 2 aromatic carbocycles. The number of nitrogens with zero attached hydrogens (tertiary/aromatic N) is 4. The minimum atomic E-state index is -0.505. The molecule has 0 bridgehead atoms. The first-order valence-corrected chi connectivity index (χ1v) is 8.77. The zero-order chi connectivity index (χ0) is 21.1. The van der Waals surface area contributed by atoms with Crippen molar-refractivity contribution in [3.8, 4) is 5.69 Å². The fourth-order valence-corrected chi connectivity index (χ4v) is 2.80. The Labute approximate surface area is 170 Å². The van der Waals surface area contributed by atoms with Crippen LogP contribution < -0.4 is 5.32 Å². The van der Waals surface area contributed by atoms with E-state index in [-0.39, 0.29) is 22.3 Å². The smallest absolute Gasteiger partial charge is 0.276 e. The van der Waals surface area contributed by atoms with Gasteiger partial charge in [-0.1, -0.05) is 17.7 Å². The highest BCUT2D eigenvalue weighted by atomic mass is 35.5. The fraction of sp³-hybridized carbons (Fsp3) is 0.105. The van der Waals surface area contributed by atoms with Crippen LogP contribution in [0.25, 0.3) is 5.69 Å². The predicted octanol–water partition coefficient (Wildman–Crippen LogP) is 3.39. The molecular weight excluding hydrogens is 398 g/mol. The maximum Gasteiger partial charge on any atom is 0.276 e. The molecule has 0 atom stereocenters. The van der Waals surface area contributed by atoms with Gasteiger partial charge in [0.25, 0.3) is 17.5 Å². The summed E-state index contributed by atoms with van der Waals surface area (Å²) in [5.41, 5.74) is 1.21. The van der Waals surface area contributed by atoms with Crippen LogP contribution in [0.2, 0.25) is 5.02 Å². The van der Waals surface area contributed by atoms with Gasteiger partial charge < -0.3 is 10.2 Å². The van der Waals surface area contributed by atoms with Crippen molar-refractivity contribution >= 4 is 34.8 Å². The van der Waals surface area contributed by atoms with Crippen molar-refractivity contribution in [3.63, 3.8) is 0 Å². The number of anilines is 1. The Morgan fingerprint density at radius 3 is 2.59 bits per heavy atom. The third-order valence-electron chi connectivity index (χ3n) is 3.99. The van der Waals surface area contributed by atoms with Gasteiger partial charge in [0, 0.05) is 38.1 Å². The van der Waals surface area contributed by atoms with E-state index in [1.54, 1.807) is 26.2 Å². The average Bonchev–Trinajstić information content (AvgIpc) is 3.18. The Kier molecular flexibility index (Phi) is 5.60. The molecule has 3 rings (SSSR count). The molecule has 3 aromatic rings. The van der Waals surface area contributed by atoms with Crippen LogP contribution in [-0.4, -0.2) is 45.5 Å². The number of nitro benzene ring substituents is 1. The van der Waals surface area contributed by atoms with Crippen LogP contribution in [0.3, 0.4) is 0 Å². The summed E-state index contributed by atoms with van der Waals surface area (Å²) in [6.07, 6.45) is 1.53. The van der Waals surface area contributed by atoms with Crippen molar-refractivity contribution in [3.05, 3.63) is 81.1 Å².